The van der Waals surface area contributed by atoms with E-state index in [2.05, 4.69) is 4.90 Å². The average Bonchev–Trinajstić information content (AvgIpc) is 2.90. The molecule has 1 N–H and O–H groups in total. The summed E-state index contributed by atoms with van der Waals surface area (Å²) in [5, 5.41) is 11.4. The number of halogens is 1. The van der Waals surface area contributed by atoms with Crippen molar-refractivity contribution < 1.29 is 23.0 Å². The molecule has 3 aromatic carbocycles. The molecule has 204 valence electrons. The van der Waals surface area contributed by atoms with Gasteiger partial charge in [0.15, 0.2) is 9.84 Å². The van der Waals surface area contributed by atoms with Crippen LogP contribution in [-0.4, -0.2) is 56.2 Å². The number of nitrogens with zero attached hydrogens (tertiary/aromatic N) is 1. The number of allylic oxidation sites excluding steroid dienone is 2. The number of aromatic hydroxyl groups is 1. The first-order valence-electron chi connectivity index (χ1n) is 13.1. The number of rotatable bonds is 8. The standard InChI is InChI=1S/C30H35NO5S.ClH/c1-37(33,34)27-13-5-22(6-14-27)28-15-7-23-21-24(32)8-16-29(23)30(28)36-26-11-9-25(10-12-26)35-20-19-31-17-3-2-4-18-31;/h5,7-12,15-16,21,27,32H,2-4,6,13-14,17-20H2,1H3;1H. The Labute approximate surface area is 231 Å². The molecule has 1 saturated heterocycles. The van der Waals surface area contributed by atoms with E-state index >= 15 is 0 Å². The number of phenolic OH excluding ortho intramolecular Hbond substituents is 1. The quantitative estimate of drug-likeness (QED) is 0.336. The van der Waals surface area contributed by atoms with Crippen LogP contribution in [0, 0.1) is 0 Å². The maximum absolute atomic E-state index is 12.0. The van der Waals surface area contributed by atoms with Crippen molar-refractivity contribution in [1.29, 1.82) is 0 Å². The number of likely N-dealkylation sites (tertiary alicyclic amines) is 1. The topological polar surface area (TPSA) is 76.1 Å². The predicted octanol–water partition coefficient (Wildman–Crippen LogP) is 6.60. The van der Waals surface area contributed by atoms with Gasteiger partial charge in [-0.15, -0.1) is 12.4 Å². The second-order valence-corrected chi connectivity index (χ2v) is 12.5. The molecule has 1 aliphatic carbocycles. The van der Waals surface area contributed by atoms with Gasteiger partial charge in [-0.2, -0.15) is 0 Å². The van der Waals surface area contributed by atoms with Gasteiger partial charge in [-0.1, -0.05) is 24.6 Å². The Morgan fingerprint density at radius 2 is 1.71 bits per heavy atom. The van der Waals surface area contributed by atoms with Crippen LogP contribution >= 0.6 is 12.4 Å². The monoisotopic (exact) mass is 557 g/mol. The fourth-order valence-corrected chi connectivity index (χ4v) is 6.28. The van der Waals surface area contributed by atoms with Crippen molar-refractivity contribution in [3.8, 4) is 23.0 Å². The molecule has 38 heavy (non-hydrogen) atoms. The van der Waals surface area contributed by atoms with E-state index in [4.69, 9.17) is 9.47 Å². The van der Waals surface area contributed by atoms with Crippen LogP contribution in [0.3, 0.4) is 0 Å². The normalized spacial score (nSPS) is 18.4. The Morgan fingerprint density at radius 1 is 0.974 bits per heavy atom. The predicted molar refractivity (Wildman–Crippen MR) is 156 cm³/mol. The SMILES string of the molecule is CS(=O)(=O)C1CC=C(c2ccc3cc(O)ccc3c2Oc2ccc(OCCN3CCCCC3)cc2)CC1.Cl. The zero-order valence-corrected chi connectivity index (χ0v) is 23.4. The maximum Gasteiger partial charge on any atom is 0.150 e. The summed E-state index contributed by atoms with van der Waals surface area (Å²) in [6.07, 6.45) is 9.00. The van der Waals surface area contributed by atoms with Crippen LogP contribution in [0.1, 0.15) is 44.1 Å². The van der Waals surface area contributed by atoms with E-state index in [9.17, 15) is 13.5 Å². The molecule has 2 aliphatic rings. The lowest BCUT2D eigenvalue weighted by atomic mass is 9.91. The Hall–Kier alpha value is -2.74. The van der Waals surface area contributed by atoms with Gasteiger partial charge < -0.3 is 14.6 Å². The summed E-state index contributed by atoms with van der Waals surface area (Å²) in [4.78, 5) is 2.46. The van der Waals surface area contributed by atoms with Crippen molar-refractivity contribution in [2.45, 2.75) is 43.8 Å². The van der Waals surface area contributed by atoms with Gasteiger partial charge in [0.2, 0.25) is 0 Å². The van der Waals surface area contributed by atoms with Crippen molar-refractivity contribution in [2.24, 2.45) is 0 Å². The van der Waals surface area contributed by atoms with Crippen LogP contribution in [0.5, 0.6) is 23.0 Å². The van der Waals surface area contributed by atoms with Crippen LogP contribution in [0.15, 0.2) is 60.7 Å². The summed E-state index contributed by atoms with van der Waals surface area (Å²) in [5.41, 5.74) is 2.04. The number of hydrogen-bond donors (Lipinski definition) is 1. The van der Waals surface area contributed by atoms with Gasteiger partial charge in [0.1, 0.15) is 29.6 Å². The number of hydrogen-bond acceptors (Lipinski definition) is 6. The summed E-state index contributed by atoms with van der Waals surface area (Å²) in [7, 11) is -3.07. The molecule has 6 nitrogen and oxygen atoms in total. The fraction of sp³-hybridized carbons (Fsp3) is 0.400. The van der Waals surface area contributed by atoms with E-state index in [0.717, 1.165) is 47.3 Å². The van der Waals surface area contributed by atoms with E-state index in [-0.39, 0.29) is 23.4 Å². The van der Waals surface area contributed by atoms with Crippen molar-refractivity contribution in [2.75, 3.05) is 32.5 Å². The minimum Gasteiger partial charge on any atom is -0.508 e. The molecule has 0 aromatic heterocycles. The lowest BCUT2D eigenvalue weighted by molar-refractivity contribution is 0.183. The molecular formula is C30H36ClNO5S. The van der Waals surface area contributed by atoms with E-state index in [1.165, 1.54) is 25.5 Å². The molecule has 0 spiro atoms. The second kappa shape index (κ2) is 12.4. The lowest BCUT2D eigenvalue weighted by Gasteiger charge is -2.26. The third-order valence-electron chi connectivity index (χ3n) is 7.44. The lowest BCUT2D eigenvalue weighted by Crippen LogP contribution is -2.33. The average molecular weight is 558 g/mol. The highest BCUT2D eigenvalue weighted by molar-refractivity contribution is 7.91. The van der Waals surface area contributed by atoms with E-state index in [1.54, 1.807) is 12.1 Å². The van der Waals surface area contributed by atoms with Crippen LogP contribution in [0.2, 0.25) is 0 Å². The third kappa shape index (κ3) is 6.82. The fourth-order valence-electron chi connectivity index (χ4n) is 5.29. The van der Waals surface area contributed by atoms with Crippen molar-refractivity contribution in [1.82, 2.24) is 4.90 Å². The molecular weight excluding hydrogens is 522 g/mol. The number of fused-ring (bicyclic) bond motifs is 1. The highest BCUT2D eigenvalue weighted by atomic mass is 35.5. The summed E-state index contributed by atoms with van der Waals surface area (Å²) in [6.45, 7) is 3.93. The van der Waals surface area contributed by atoms with E-state index in [1.807, 2.05) is 48.5 Å². The first-order valence-corrected chi connectivity index (χ1v) is 15.1. The van der Waals surface area contributed by atoms with E-state index < -0.39 is 9.84 Å². The molecule has 1 unspecified atom stereocenters. The largest absolute Gasteiger partial charge is 0.508 e. The zero-order chi connectivity index (χ0) is 25.8. The smallest absolute Gasteiger partial charge is 0.150 e. The molecule has 1 aliphatic heterocycles. The van der Waals surface area contributed by atoms with Crippen LogP contribution in [0.4, 0.5) is 0 Å². The summed E-state index contributed by atoms with van der Waals surface area (Å²) < 4.78 is 36.5. The summed E-state index contributed by atoms with van der Waals surface area (Å²) in [6, 6.07) is 16.9. The van der Waals surface area contributed by atoms with E-state index in [0.29, 0.717) is 37.4 Å². The van der Waals surface area contributed by atoms with Crippen LogP contribution in [-0.2, 0) is 9.84 Å². The first-order chi connectivity index (χ1) is 17.9. The van der Waals surface area contributed by atoms with Crippen molar-refractivity contribution in [3.63, 3.8) is 0 Å². The van der Waals surface area contributed by atoms with Crippen LogP contribution < -0.4 is 9.47 Å². The second-order valence-electron chi connectivity index (χ2n) is 10.1. The molecule has 1 atom stereocenters. The summed E-state index contributed by atoms with van der Waals surface area (Å²) in [5.74, 6) is 2.41. The minimum absolute atomic E-state index is 0. The van der Waals surface area contributed by atoms with Gasteiger partial charge in [-0.25, -0.2) is 8.42 Å². The zero-order valence-electron chi connectivity index (χ0n) is 21.8. The first kappa shape index (κ1) is 28.3. The Morgan fingerprint density at radius 3 is 2.39 bits per heavy atom. The van der Waals surface area contributed by atoms with Gasteiger partial charge in [0.25, 0.3) is 0 Å². The molecule has 5 rings (SSSR count). The summed E-state index contributed by atoms with van der Waals surface area (Å²) >= 11 is 0. The highest BCUT2D eigenvalue weighted by Gasteiger charge is 2.25. The maximum atomic E-state index is 12.0. The molecule has 0 bridgehead atoms. The van der Waals surface area contributed by atoms with Gasteiger partial charge in [0.05, 0.1) is 5.25 Å². The Balaban J connectivity index is 0.00000336. The molecule has 0 amide bonds. The number of piperidine rings is 1. The molecule has 1 heterocycles. The van der Waals surface area contributed by atoms with Gasteiger partial charge in [-0.3, -0.25) is 4.90 Å². The number of benzene rings is 3. The Bertz CT molecular complexity index is 1380. The number of sulfone groups is 1. The van der Waals surface area contributed by atoms with Gasteiger partial charge in [-0.05, 0) is 98.6 Å². The Kier molecular flexibility index (Phi) is 9.23. The molecule has 0 saturated carbocycles. The minimum atomic E-state index is -3.07. The van der Waals surface area contributed by atoms with Crippen molar-refractivity contribution in [3.05, 3.63) is 66.2 Å². The number of phenols is 1. The van der Waals surface area contributed by atoms with Crippen molar-refractivity contribution >= 4 is 38.6 Å². The van der Waals surface area contributed by atoms with Gasteiger partial charge in [0, 0.05) is 23.8 Å². The molecule has 0 radical (unpaired) electrons. The highest BCUT2D eigenvalue weighted by Crippen LogP contribution is 2.41. The molecule has 3 aromatic rings. The number of ether oxygens (including phenoxy) is 2. The van der Waals surface area contributed by atoms with Gasteiger partial charge >= 0.3 is 0 Å². The third-order valence-corrected chi connectivity index (χ3v) is 9.08. The van der Waals surface area contributed by atoms with Crippen LogP contribution in [0.25, 0.3) is 16.3 Å². The molecule has 1 fully saturated rings. The molecule has 8 heteroatoms.